The number of fused-ring (bicyclic) bond motifs is 1. The number of nitro benzene ring substituents is 1. The Bertz CT molecular complexity index is 905. The smallest absolute Gasteiger partial charge is 0.275 e. The highest BCUT2D eigenvalue weighted by Crippen LogP contribution is 2.25. The molecule has 122 valence electrons. The average Bonchev–Trinajstić information content (AvgIpc) is 3.03. The first-order valence-corrected chi connectivity index (χ1v) is 7.43. The summed E-state index contributed by atoms with van der Waals surface area (Å²) in [6.45, 7) is 1.92. The molecule has 0 aliphatic rings. The van der Waals surface area contributed by atoms with Crippen LogP contribution < -0.4 is 0 Å². The number of hydrogen-bond acceptors (Lipinski definition) is 4. The van der Waals surface area contributed by atoms with E-state index >= 15 is 0 Å². The van der Waals surface area contributed by atoms with Gasteiger partial charge >= 0.3 is 0 Å². The Kier molecular flexibility index (Phi) is 3.99. The van der Waals surface area contributed by atoms with Gasteiger partial charge < -0.3 is 4.90 Å². The van der Waals surface area contributed by atoms with E-state index in [2.05, 4.69) is 10.2 Å². The number of carbonyl (C=O) groups is 1. The van der Waals surface area contributed by atoms with Gasteiger partial charge in [0.25, 0.3) is 11.6 Å². The topological polar surface area (TPSA) is 92.1 Å². The van der Waals surface area contributed by atoms with Crippen LogP contribution in [0, 0.1) is 10.1 Å². The zero-order valence-electron chi connectivity index (χ0n) is 13.3. The maximum Gasteiger partial charge on any atom is 0.275 e. The van der Waals surface area contributed by atoms with Crippen LogP contribution in [-0.2, 0) is 0 Å². The van der Waals surface area contributed by atoms with Crippen LogP contribution in [-0.4, -0.2) is 33.0 Å². The Morgan fingerprint density at radius 1 is 1.25 bits per heavy atom. The molecular formula is C17H16N4O3. The minimum Gasteiger partial charge on any atom is -0.334 e. The number of nitrogens with zero attached hydrogens (tertiary/aromatic N) is 3. The first kappa shape index (κ1) is 15.7. The summed E-state index contributed by atoms with van der Waals surface area (Å²) in [5, 5.41) is 18.2. The third kappa shape index (κ3) is 2.71. The maximum atomic E-state index is 12.8. The number of nitro groups is 1. The molecule has 1 atom stereocenters. The number of rotatable bonds is 4. The molecule has 0 aliphatic heterocycles. The quantitative estimate of drug-likeness (QED) is 0.588. The first-order chi connectivity index (χ1) is 11.5. The highest BCUT2D eigenvalue weighted by Gasteiger charge is 2.24. The van der Waals surface area contributed by atoms with Crippen LogP contribution in [0.2, 0.25) is 0 Å². The summed E-state index contributed by atoms with van der Waals surface area (Å²) in [6.07, 6.45) is 0. The standard InChI is InChI=1S/C17H16N4O3/c1-11(12-6-4-3-5-7-12)20(2)17(22)16-14-10-13(21(23)24)8-9-15(14)18-19-16/h3-11H,1-2H3,(H,18,19)/t11-/m1/s1. The molecule has 1 N–H and O–H groups in total. The summed E-state index contributed by atoms with van der Waals surface area (Å²) in [5.74, 6) is -0.293. The van der Waals surface area contributed by atoms with Crippen molar-refractivity contribution in [1.82, 2.24) is 15.1 Å². The van der Waals surface area contributed by atoms with Crippen LogP contribution in [0.15, 0.2) is 48.5 Å². The number of H-pyrrole nitrogens is 1. The Balaban J connectivity index is 1.96. The Morgan fingerprint density at radius 3 is 2.62 bits per heavy atom. The first-order valence-electron chi connectivity index (χ1n) is 7.43. The number of carbonyl (C=O) groups excluding carboxylic acids is 1. The van der Waals surface area contributed by atoms with Crippen LogP contribution in [0.5, 0.6) is 0 Å². The fourth-order valence-electron chi connectivity index (χ4n) is 2.58. The van der Waals surface area contributed by atoms with Crippen LogP contribution >= 0.6 is 0 Å². The molecule has 7 heteroatoms. The fraction of sp³-hybridized carbons (Fsp3) is 0.176. The second kappa shape index (κ2) is 6.11. The second-order valence-corrected chi connectivity index (χ2v) is 5.56. The number of aromatic amines is 1. The van der Waals surface area contributed by atoms with Crippen molar-refractivity contribution < 1.29 is 9.72 Å². The predicted octanol–water partition coefficient (Wildman–Crippen LogP) is 3.30. The number of aromatic nitrogens is 2. The number of nitrogens with one attached hydrogen (secondary N) is 1. The maximum absolute atomic E-state index is 12.8. The van der Waals surface area contributed by atoms with Crippen molar-refractivity contribution in [3.05, 3.63) is 69.9 Å². The van der Waals surface area contributed by atoms with Gasteiger partial charge in [-0.25, -0.2) is 0 Å². The molecule has 1 amide bonds. The van der Waals surface area contributed by atoms with Gasteiger partial charge in [0.2, 0.25) is 0 Å². The Morgan fingerprint density at radius 2 is 1.96 bits per heavy atom. The monoisotopic (exact) mass is 324 g/mol. The molecule has 2 aromatic carbocycles. The lowest BCUT2D eigenvalue weighted by atomic mass is 10.1. The zero-order chi connectivity index (χ0) is 17.3. The van der Waals surface area contributed by atoms with Gasteiger partial charge in [0.15, 0.2) is 5.69 Å². The molecule has 0 aliphatic carbocycles. The number of non-ortho nitro benzene ring substituents is 1. The zero-order valence-corrected chi connectivity index (χ0v) is 13.3. The van der Waals surface area contributed by atoms with E-state index in [9.17, 15) is 14.9 Å². The van der Waals surface area contributed by atoms with E-state index in [-0.39, 0.29) is 23.3 Å². The van der Waals surface area contributed by atoms with Crippen molar-refractivity contribution in [2.24, 2.45) is 0 Å². The van der Waals surface area contributed by atoms with Crippen molar-refractivity contribution in [1.29, 1.82) is 0 Å². The van der Waals surface area contributed by atoms with E-state index in [1.807, 2.05) is 37.3 Å². The van der Waals surface area contributed by atoms with E-state index in [1.165, 1.54) is 12.1 Å². The number of benzene rings is 2. The lowest BCUT2D eigenvalue weighted by Crippen LogP contribution is -2.30. The number of hydrogen-bond donors (Lipinski definition) is 1. The molecule has 0 fully saturated rings. The van der Waals surface area contributed by atoms with Gasteiger partial charge in [0, 0.05) is 24.6 Å². The minimum absolute atomic E-state index is 0.0725. The van der Waals surface area contributed by atoms with E-state index in [0.717, 1.165) is 5.56 Å². The minimum atomic E-state index is -0.489. The highest BCUT2D eigenvalue weighted by atomic mass is 16.6. The molecule has 3 aromatic rings. The third-order valence-electron chi connectivity index (χ3n) is 4.14. The van der Waals surface area contributed by atoms with Crippen LogP contribution in [0.3, 0.4) is 0 Å². The fourth-order valence-corrected chi connectivity index (χ4v) is 2.58. The average molecular weight is 324 g/mol. The van der Waals surface area contributed by atoms with Gasteiger partial charge in [0.05, 0.1) is 16.5 Å². The van der Waals surface area contributed by atoms with Gasteiger partial charge in [-0.05, 0) is 18.6 Å². The Labute approximate surface area is 138 Å². The molecule has 0 bridgehead atoms. The van der Waals surface area contributed by atoms with E-state index in [0.29, 0.717) is 10.9 Å². The second-order valence-electron chi connectivity index (χ2n) is 5.56. The van der Waals surface area contributed by atoms with Crippen molar-refractivity contribution in [2.45, 2.75) is 13.0 Å². The third-order valence-corrected chi connectivity index (χ3v) is 4.14. The molecule has 1 heterocycles. The van der Waals surface area contributed by atoms with Crippen LogP contribution in [0.25, 0.3) is 10.9 Å². The normalized spacial score (nSPS) is 12.1. The number of amides is 1. The lowest BCUT2D eigenvalue weighted by Gasteiger charge is -2.24. The summed E-state index contributed by atoms with van der Waals surface area (Å²) >= 11 is 0. The summed E-state index contributed by atoms with van der Waals surface area (Å²) in [7, 11) is 1.69. The molecule has 24 heavy (non-hydrogen) atoms. The van der Waals surface area contributed by atoms with Crippen molar-refractivity contribution in [3.63, 3.8) is 0 Å². The van der Waals surface area contributed by atoms with E-state index < -0.39 is 4.92 Å². The molecule has 1 aromatic heterocycles. The van der Waals surface area contributed by atoms with Gasteiger partial charge in [-0.3, -0.25) is 20.0 Å². The van der Waals surface area contributed by atoms with Crippen molar-refractivity contribution in [3.8, 4) is 0 Å². The largest absolute Gasteiger partial charge is 0.334 e. The molecule has 0 saturated heterocycles. The van der Waals surface area contributed by atoms with Crippen LogP contribution in [0.4, 0.5) is 5.69 Å². The summed E-state index contributed by atoms with van der Waals surface area (Å²) < 4.78 is 0. The summed E-state index contributed by atoms with van der Waals surface area (Å²) in [4.78, 5) is 24.8. The molecule has 0 spiro atoms. The molecular weight excluding hydrogens is 308 g/mol. The Hall–Kier alpha value is -3.22. The lowest BCUT2D eigenvalue weighted by molar-refractivity contribution is -0.384. The molecule has 0 unspecified atom stereocenters. The van der Waals surface area contributed by atoms with Gasteiger partial charge in [-0.15, -0.1) is 0 Å². The molecule has 7 nitrogen and oxygen atoms in total. The molecule has 3 rings (SSSR count). The highest BCUT2D eigenvalue weighted by molar-refractivity contribution is 6.05. The van der Waals surface area contributed by atoms with Crippen molar-refractivity contribution >= 4 is 22.5 Å². The van der Waals surface area contributed by atoms with Crippen LogP contribution in [0.1, 0.15) is 29.0 Å². The SMILES string of the molecule is C[C@H](c1ccccc1)N(C)C(=O)c1n[nH]c2ccc([N+](=O)[O-])cc12. The van der Waals surface area contributed by atoms with E-state index in [4.69, 9.17) is 0 Å². The predicted molar refractivity (Wildman–Crippen MR) is 89.7 cm³/mol. The van der Waals surface area contributed by atoms with E-state index in [1.54, 1.807) is 18.0 Å². The summed E-state index contributed by atoms with van der Waals surface area (Å²) in [6, 6.07) is 13.8. The summed E-state index contributed by atoms with van der Waals surface area (Å²) in [5.41, 5.74) is 1.69. The van der Waals surface area contributed by atoms with Gasteiger partial charge in [-0.1, -0.05) is 30.3 Å². The molecule has 0 radical (unpaired) electrons. The van der Waals surface area contributed by atoms with Gasteiger partial charge in [-0.2, -0.15) is 5.10 Å². The molecule has 0 saturated carbocycles. The van der Waals surface area contributed by atoms with Gasteiger partial charge in [0.1, 0.15) is 0 Å². The van der Waals surface area contributed by atoms with Crippen molar-refractivity contribution in [2.75, 3.05) is 7.05 Å².